The van der Waals surface area contributed by atoms with Crippen LogP contribution in [0.15, 0.2) is 98.0 Å². The first-order valence-corrected chi connectivity index (χ1v) is 9.54. The molecule has 13 heteroatoms. The minimum Gasteiger partial charge on any atom is -0.516 e. The number of carbonyl (C=O) groups is 4. The first kappa shape index (κ1) is 42.4. The summed E-state index contributed by atoms with van der Waals surface area (Å²) in [6.45, 7) is 12.9. The molecule has 0 aliphatic carbocycles. The highest BCUT2D eigenvalue weighted by molar-refractivity contribution is 5.87. The number of hydrogen-bond acceptors (Lipinski definition) is 8. The van der Waals surface area contributed by atoms with Crippen LogP contribution in [0.25, 0.3) is 0 Å². The molecule has 0 aromatic carbocycles. The minimum absolute atomic E-state index is 0. The molecule has 0 heterocycles. The molecule has 12 nitrogen and oxygen atoms in total. The molecule has 0 aromatic rings. The van der Waals surface area contributed by atoms with Crippen molar-refractivity contribution in [2.24, 2.45) is 0 Å². The van der Waals surface area contributed by atoms with Gasteiger partial charge in [0.05, 0.1) is 25.0 Å². The highest BCUT2D eigenvalue weighted by Gasteiger charge is 2.00. The second-order valence-corrected chi connectivity index (χ2v) is 5.99. The zero-order valence-corrected chi connectivity index (χ0v) is 19.5. The average molecular weight is 545 g/mol. The Bertz CT molecular complexity index is 736. The second kappa shape index (κ2) is 29.2. The molecular weight excluding hydrogens is 508 g/mol. The van der Waals surface area contributed by atoms with Crippen molar-refractivity contribution < 1.29 is 60.0 Å². The van der Waals surface area contributed by atoms with Gasteiger partial charge in [0.15, 0.2) is 0 Å². The molecule has 0 unspecified atom stereocenters. The Kier molecular flexibility index (Phi) is 33.5. The van der Waals surface area contributed by atoms with Crippen LogP contribution in [0.1, 0.15) is 25.7 Å². The van der Waals surface area contributed by atoms with Crippen molar-refractivity contribution >= 4 is 34.8 Å². The predicted molar refractivity (Wildman–Crippen MR) is 144 cm³/mol. The summed E-state index contributed by atoms with van der Waals surface area (Å²) in [4.78, 5) is 40.0. The molecule has 0 saturated heterocycles. The van der Waals surface area contributed by atoms with Gasteiger partial charge in [-0.2, -0.15) is 0 Å². The summed E-state index contributed by atoms with van der Waals surface area (Å²) in [5.74, 6) is -4.14. The fraction of sp³-hybridized carbons (Fsp3) is 0.167. The van der Waals surface area contributed by atoms with Crippen molar-refractivity contribution in [2.45, 2.75) is 25.7 Å². The number of aliphatic hydroxyl groups is 4. The van der Waals surface area contributed by atoms with Crippen LogP contribution < -0.4 is 0 Å². The van der Waals surface area contributed by atoms with Crippen LogP contribution in [0.4, 0.5) is 0 Å². The Morgan fingerprint density at radius 3 is 0.649 bits per heavy atom. The van der Waals surface area contributed by atoms with Crippen molar-refractivity contribution in [3.63, 3.8) is 0 Å². The van der Waals surface area contributed by atoms with E-state index in [0.29, 0.717) is 0 Å². The van der Waals surface area contributed by atoms with Crippen LogP contribution in [-0.2, 0) is 19.2 Å². The maximum absolute atomic E-state index is 9.99. The fourth-order valence-corrected chi connectivity index (χ4v) is 1.13. The molecule has 0 spiro atoms. The molecule has 0 atom stereocenters. The van der Waals surface area contributed by atoms with E-state index in [9.17, 15) is 19.2 Å². The quantitative estimate of drug-likeness (QED) is 0.101. The minimum atomic E-state index is -1.03. The van der Waals surface area contributed by atoms with Crippen LogP contribution in [0, 0.1) is 0 Å². The number of allylic oxidation sites excluding steroid dienone is 4. The Hall–Kier alpha value is -4.78. The Labute approximate surface area is 218 Å². The molecule has 208 valence electrons. The average Bonchev–Trinajstić information content (AvgIpc) is 2.83. The number of carboxylic acids is 4. The van der Waals surface area contributed by atoms with E-state index in [1.807, 2.05) is 0 Å². The van der Waals surface area contributed by atoms with Gasteiger partial charge in [0, 0.05) is 48.0 Å². The topological polar surface area (TPSA) is 230 Å². The molecule has 0 radical (unpaired) electrons. The third-order valence-electron chi connectivity index (χ3n) is 3.09. The maximum Gasteiger partial charge on any atom is 0.331 e. The standard InChI is InChI=1S/4C6H8O3.H4Si/c4*1-5(6(8)9)3-2-4-7;/h4*2,4,7H,1,3H2,(H,8,9);1H4. The molecule has 0 fully saturated rings. The monoisotopic (exact) mass is 544 g/mol. The lowest BCUT2D eigenvalue weighted by Gasteiger charge is -1.89. The first-order valence-electron chi connectivity index (χ1n) is 9.54. The number of aliphatic carboxylic acids is 4. The highest BCUT2D eigenvalue weighted by atomic mass is 28.1. The van der Waals surface area contributed by atoms with Gasteiger partial charge in [-0.1, -0.05) is 26.3 Å². The summed E-state index contributed by atoms with van der Waals surface area (Å²) >= 11 is 0. The van der Waals surface area contributed by atoms with E-state index in [0.717, 1.165) is 25.0 Å². The third kappa shape index (κ3) is 36.0. The largest absolute Gasteiger partial charge is 0.516 e. The summed E-state index contributed by atoms with van der Waals surface area (Å²) < 4.78 is 0. The van der Waals surface area contributed by atoms with Crippen molar-refractivity contribution in [1.82, 2.24) is 0 Å². The molecule has 0 aliphatic heterocycles. The Morgan fingerprint density at radius 2 is 0.568 bits per heavy atom. The van der Waals surface area contributed by atoms with Gasteiger partial charge in [-0.3, -0.25) is 0 Å². The van der Waals surface area contributed by atoms with Gasteiger partial charge in [0.1, 0.15) is 0 Å². The summed E-state index contributed by atoms with van der Waals surface area (Å²) in [6.07, 6.45) is 9.21. The van der Waals surface area contributed by atoms with Crippen molar-refractivity contribution in [3.05, 3.63) is 98.0 Å². The van der Waals surface area contributed by atoms with Gasteiger partial charge in [0.2, 0.25) is 0 Å². The van der Waals surface area contributed by atoms with Crippen LogP contribution in [0.5, 0.6) is 0 Å². The first-order chi connectivity index (χ1) is 16.7. The predicted octanol–water partition coefficient (Wildman–Crippen LogP) is 2.90. The summed E-state index contributed by atoms with van der Waals surface area (Å²) in [5, 5.41) is 65.1. The van der Waals surface area contributed by atoms with Gasteiger partial charge in [-0.25, -0.2) is 19.2 Å². The Balaban J connectivity index is -0.000000122. The van der Waals surface area contributed by atoms with E-state index in [1.54, 1.807) is 0 Å². The molecule has 0 aliphatic rings. The molecule has 0 aromatic heterocycles. The smallest absolute Gasteiger partial charge is 0.331 e. The summed E-state index contributed by atoms with van der Waals surface area (Å²) in [7, 11) is 0. The molecule has 37 heavy (non-hydrogen) atoms. The van der Waals surface area contributed by atoms with E-state index in [4.69, 9.17) is 40.9 Å². The zero-order valence-electron chi connectivity index (χ0n) is 19.5. The van der Waals surface area contributed by atoms with Crippen LogP contribution in [0.3, 0.4) is 0 Å². The van der Waals surface area contributed by atoms with Crippen LogP contribution in [0.2, 0.25) is 0 Å². The SMILES string of the molecule is C=C(CC=CO)C(=O)O.C=C(CC=CO)C(=O)O.C=C(CC=CO)C(=O)O.C=C(CC=CO)C(=O)O.[SiH4]. The van der Waals surface area contributed by atoms with Crippen LogP contribution in [-0.4, -0.2) is 75.7 Å². The lowest BCUT2D eigenvalue weighted by Crippen LogP contribution is -1.96. The third-order valence-corrected chi connectivity index (χ3v) is 3.09. The maximum atomic E-state index is 9.99. The van der Waals surface area contributed by atoms with E-state index < -0.39 is 23.9 Å². The number of rotatable bonds is 12. The lowest BCUT2D eigenvalue weighted by atomic mass is 10.2. The van der Waals surface area contributed by atoms with Gasteiger partial charge in [0.25, 0.3) is 0 Å². The summed E-state index contributed by atoms with van der Waals surface area (Å²) in [5.41, 5.74) is 0.279. The number of aliphatic hydroxyl groups excluding tert-OH is 4. The van der Waals surface area contributed by atoms with E-state index in [1.165, 1.54) is 24.3 Å². The normalized spacial score (nSPS) is 9.51. The molecule has 0 rings (SSSR count). The highest BCUT2D eigenvalue weighted by Crippen LogP contribution is 1.99. The van der Waals surface area contributed by atoms with Crippen molar-refractivity contribution in [1.29, 1.82) is 0 Å². The fourth-order valence-electron chi connectivity index (χ4n) is 1.13. The lowest BCUT2D eigenvalue weighted by molar-refractivity contribution is -0.133. The van der Waals surface area contributed by atoms with Gasteiger partial charge < -0.3 is 40.9 Å². The van der Waals surface area contributed by atoms with E-state index in [-0.39, 0.29) is 58.9 Å². The van der Waals surface area contributed by atoms with Crippen molar-refractivity contribution in [2.75, 3.05) is 0 Å². The number of hydrogen-bond donors (Lipinski definition) is 8. The van der Waals surface area contributed by atoms with Gasteiger partial charge in [-0.15, -0.1) is 0 Å². The van der Waals surface area contributed by atoms with E-state index >= 15 is 0 Å². The molecule has 8 N–H and O–H groups in total. The van der Waals surface area contributed by atoms with Crippen LogP contribution >= 0.6 is 0 Å². The number of carboxylic acid groups (broad SMARTS) is 4. The Morgan fingerprint density at radius 1 is 0.432 bits per heavy atom. The zero-order chi connectivity index (χ0) is 29.1. The summed E-state index contributed by atoms with van der Waals surface area (Å²) in [6, 6.07) is 0. The molecule has 0 bridgehead atoms. The van der Waals surface area contributed by atoms with Gasteiger partial charge >= 0.3 is 23.9 Å². The van der Waals surface area contributed by atoms with Crippen molar-refractivity contribution in [3.8, 4) is 0 Å². The molecule has 0 amide bonds. The molecular formula is C24H36O12Si. The molecule has 0 saturated carbocycles. The second-order valence-electron chi connectivity index (χ2n) is 5.99. The van der Waals surface area contributed by atoms with E-state index in [2.05, 4.69) is 26.3 Å². The van der Waals surface area contributed by atoms with Gasteiger partial charge in [-0.05, 0) is 35.3 Å².